The molecule has 4 aromatic rings. The normalized spacial score (nSPS) is 11.0. The van der Waals surface area contributed by atoms with Crippen molar-refractivity contribution < 1.29 is 9.53 Å². The number of benzene rings is 2. The molecule has 2 aromatic carbocycles. The molecule has 0 aliphatic heterocycles. The third-order valence-corrected chi connectivity index (χ3v) is 7.14. The number of rotatable bonds is 6. The van der Waals surface area contributed by atoms with E-state index in [4.69, 9.17) is 16.3 Å². The lowest BCUT2D eigenvalue weighted by molar-refractivity contribution is 0.0958. The van der Waals surface area contributed by atoms with Gasteiger partial charge in [-0.3, -0.25) is 4.79 Å². The Bertz CT molecular complexity index is 1170. The lowest BCUT2D eigenvalue weighted by Gasteiger charge is -2.03. The van der Waals surface area contributed by atoms with E-state index in [1.165, 1.54) is 11.3 Å². The number of thiazole rings is 1. The highest BCUT2D eigenvalue weighted by molar-refractivity contribution is 7.21. The Hall–Kier alpha value is -2.41. The third-order valence-electron chi connectivity index (χ3n) is 4.55. The fourth-order valence-corrected chi connectivity index (χ4v) is 5.38. The molecular formula is C22H19ClN2O2S2. The number of aromatic nitrogens is 1. The largest absolute Gasteiger partial charge is 0.497 e. The first-order valence-electron chi connectivity index (χ1n) is 9.11. The van der Waals surface area contributed by atoms with Gasteiger partial charge in [-0.25, -0.2) is 4.98 Å². The number of aryl methyl sites for hydroxylation is 1. The molecule has 0 saturated carbocycles. The Labute approximate surface area is 182 Å². The Kier molecular flexibility index (Phi) is 5.85. The first kappa shape index (κ1) is 19.9. The van der Waals surface area contributed by atoms with E-state index in [9.17, 15) is 4.79 Å². The molecule has 2 aromatic heterocycles. The van der Waals surface area contributed by atoms with Gasteiger partial charge in [0.2, 0.25) is 0 Å². The number of halogens is 1. The molecule has 29 heavy (non-hydrogen) atoms. The first-order chi connectivity index (χ1) is 14.0. The Balaban J connectivity index is 1.38. The zero-order valence-corrected chi connectivity index (χ0v) is 18.4. The smallest absolute Gasteiger partial charge is 0.262 e. The Morgan fingerprint density at radius 1 is 1.21 bits per heavy atom. The number of amides is 1. The molecule has 4 nitrogen and oxygen atoms in total. The second-order valence-corrected chi connectivity index (χ2v) is 8.91. The van der Waals surface area contributed by atoms with Crippen LogP contribution in [-0.4, -0.2) is 24.5 Å². The van der Waals surface area contributed by atoms with Crippen molar-refractivity contribution in [1.82, 2.24) is 10.3 Å². The molecule has 148 valence electrons. The number of fused-ring (bicyclic) bond motifs is 1. The van der Waals surface area contributed by atoms with Gasteiger partial charge in [0, 0.05) is 34.0 Å². The van der Waals surface area contributed by atoms with Crippen LogP contribution < -0.4 is 10.1 Å². The molecule has 1 amide bonds. The van der Waals surface area contributed by atoms with Gasteiger partial charge in [0.15, 0.2) is 0 Å². The molecule has 0 saturated heterocycles. The van der Waals surface area contributed by atoms with Gasteiger partial charge in [-0.15, -0.1) is 22.7 Å². The van der Waals surface area contributed by atoms with E-state index < -0.39 is 0 Å². The fraction of sp³-hybridized carbons (Fsp3) is 0.182. The van der Waals surface area contributed by atoms with Crippen molar-refractivity contribution >= 4 is 50.3 Å². The van der Waals surface area contributed by atoms with E-state index >= 15 is 0 Å². The molecule has 0 aliphatic carbocycles. The summed E-state index contributed by atoms with van der Waals surface area (Å²) in [6.45, 7) is 2.54. The summed E-state index contributed by atoms with van der Waals surface area (Å²) in [6.07, 6.45) is 0.667. The molecule has 0 aliphatic rings. The molecule has 0 radical (unpaired) electrons. The van der Waals surface area contributed by atoms with Crippen molar-refractivity contribution in [3.63, 3.8) is 0 Å². The highest BCUT2D eigenvalue weighted by Crippen LogP contribution is 2.35. The summed E-state index contributed by atoms with van der Waals surface area (Å²) in [5, 5.41) is 7.40. The van der Waals surface area contributed by atoms with Crippen LogP contribution in [0.2, 0.25) is 5.02 Å². The van der Waals surface area contributed by atoms with Crippen LogP contribution in [0.4, 0.5) is 0 Å². The molecule has 0 fully saturated rings. The van der Waals surface area contributed by atoms with Crippen molar-refractivity contribution in [3.05, 3.63) is 69.0 Å². The minimum Gasteiger partial charge on any atom is -0.497 e. The van der Waals surface area contributed by atoms with E-state index in [2.05, 4.69) is 16.4 Å². The number of carbonyl (C=O) groups excluding carboxylic acids is 1. The molecular weight excluding hydrogens is 424 g/mol. The number of carbonyl (C=O) groups is 1. The fourth-order valence-electron chi connectivity index (χ4n) is 2.99. The van der Waals surface area contributed by atoms with Crippen LogP contribution in [0.15, 0.2) is 47.8 Å². The monoisotopic (exact) mass is 442 g/mol. The predicted molar refractivity (Wildman–Crippen MR) is 122 cm³/mol. The number of hydrogen-bond donors (Lipinski definition) is 1. The summed E-state index contributed by atoms with van der Waals surface area (Å²) in [5.41, 5.74) is 3.16. The average molecular weight is 443 g/mol. The van der Waals surface area contributed by atoms with Crippen LogP contribution >= 0.6 is 34.3 Å². The van der Waals surface area contributed by atoms with Crippen molar-refractivity contribution in [2.45, 2.75) is 13.3 Å². The number of ether oxygens (including phenoxy) is 1. The SMILES string of the molecule is COc1ccc(-c2nc(CCNC(=O)c3sc4cc(C)ccc4c3Cl)cs2)cc1. The van der Waals surface area contributed by atoms with Gasteiger partial charge in [0.25, 0.3) is 5.91 Å². The van der Waals surface area contributed by atoms with Gasteiger partial charge >= 0.3 is 0 Å². The molecule has 2 heterocycles. The van der Waals surface area contributed by atoms with Gasteiger partial charge in [0.1, 0.15) is 15.6 Å². The summed E-state index contributed by atoms with van der Waals surface area (Å²) >= 11 is 9.45. The maximum atomic E-state index is 12.6. The Morgan fingerprint density at radius 3 is 2.76 bits per heavy atom. The van der Waals surface area contributed by atoms with Crippen LogP contribution in [0, 0.1) is 6.92 Å². The summed E-state index contributed by atoms with van der Waals surface area (Å²) < 4.78 is 6.22. The quantitative estimate of drug-likeness (QED) is 0.400. The van der Waals surface area contributed by atoms with Crippen LogP contribution in [0.25, 0.3) is 20.7 Å². The lowest BCUT2D eigenvalue weighted by Crippen LogP contribution is -2.25. The molecule has 0 spiro atoms. The average Bonchev–Trinajstić information content (AvgIpc) is 3.32. The second-order valence-electron chi connectivity index (χ2n) is 6.62. The first-order valence-corrected chi connectivity index (χ1v) is 11.2. The maximum Gasteiger partial charge on any atom is 0.262 e. The molecule has 1 N–H and O–H groups in total. The van der Waals surface area contributed by atoms with Crippen molar-refractivity contribution in [3.8, 4) is 16.3 Å². The maximum absolute atomic E-state index is 12.6. The predicted octanol–water partition coefficient (Wildman–Crippen LogP) is 5.97. The van der Waals surface area contributed by atoms with Crippen LogP contribution in [-0.2, 0) is 6.42 Å². The highest BCUT2D eigenvalue weighted by atomic mass is 35.5. The number of methoxy groups -OCH3 is 1. The van der Waals surface area contributed by atoms with Gasteiger partial charge in [-0.05, 0) is 42.8 Å². The number of thiophene rings is 1. The van der Waals surface area contributed by atoms with E-state index in [1.54, 1.807) is 18.4 Å². The standard InChI is InChI=1S/C22H19ClN2O2S2/c1-13-3-8-17-18(11-13)29-20(19(17)23)21(26)24-10-9-15-12-28-22(25-15)14-4-6-16(27-2)7-5-14/h3-8,11-12H,9-10H2,1-2H3,(H,24,26). The summed E-state index contributed by atoms with van der Waals surface area (Å²) in [6, 6.07) is 13.9. The molecule has 4 rings (SSSR count). The minimum atomic E-state index is -0.139. The van der Waals surface area contributed by atoms with Gasteiger partial charge in [0.05, 0.1) is 17.8 Å². The van der Waals surface area contributed by atoms with Gasteiger partial charge in [-0.1, -0.05) is 23.7 Å². The number of nitrogens with zero attached hydrogens (tertiary/aromatic N) is 1. The molecule has 0 unspecified atom stereocenters. The van der Waals surface area contributed by atoms with E-state index in [0.717, 1.165) is 37.7 Å². The number of hydrogen-bond acceptors (Lipinski definition) is 5. The zero-order valence-electron chi connectivity index (χ0n) is 16.0. The second kappa shape index (κ2) is 8.53. The van der Waals surface area contributed by atoms with Crippen LogP contribution in [0.3, 0.4) is 0 Å². The topological polar surface area (TPSA) is 51.2 Å². The van der Waals surface area contributed by atoms with E-state index in [1.807, 2.05) is 48.7 Å². The summed E-state index contributed by atoms with van der Waals surface area (Å²) in [4.78, 5) is 17.8. The molecule has 0 bridgehead atoms. The summed E-state index contributed by atoms with van der Waals surface area (Å²) in [7, 11) is 1.65. The van der Waals surface area contributed by atoms with E-state index in [0.29, 0.717) is 22.9 Å². The molecule has 7 heteroatoms. The van der Waals surface area contributed by atoms with Gasteiger partial charge in [-0.2, -0.15) is 0 Å². The van der Waals surface area contributed by atoms with Crippen LogP contribution in [0.1, 0.15) is 20.9 Å². The minimum absolute atomic E-state index is 0.139. The van der Waals surface area contributed by atoms with Crippen molar-refractivity contribution in [1.29, 1.82) is 0 Å². The third kappa shape index (κ3) is 4.29. The number of nitrogens with one attached hydrogen (secondary N) is 1. The molecule has 0 atom stereocenters. The van der Waals surface area contributed by atoms with Crippen molar-refractivity contribution in [2.24, 2.45) is 0 Å². The van der Waals surface area contributed by atoms with E-state index in [-0.39, 0.29) is 5.91 Å². The van der Waals surface area contributed by atoms with Crippen molar-refractivity contribution in [2.75, 3.05) is 13.7 Å². The van der Waals surface area contributed by atoms with Gasteiger partial charge < -0.3 is 10.1 Å². The summed E-state index contributed by atoms with van der Waals surface area (Å²) in [5.74, 6) is 0.683. The Morgan fingerprint density at radius 2 is 2.00 bits per heavy atom. The van der Waals surface area contributed by atoms with Crippen LogP contribution in [0.5, 0.6) is 5.75 Å². The highest BCUT2D eigenvalue weighted by Gasteiger charge is 2.17. The zero-order chi connectivity index (χ0) is 20.4. The lowest BCUT2D eigenvalue weighted by atomic mass is 10.2.